The normalized spacial score (nSPS) is 13.5. The molecule has 0 saturated heterocycles. The first-order chi connectivity index (χ1) is 20.4. The van der Waals surface area contributed by atoms with Gasteiger partial charge >= 0.3 is 0 Å². The molecule has 1 aliphatic heterocycles. The predicted octanol–water partition coefficient (Wildman–Crippen LogP) is 13.3. The van der Waals surface area contributed by atoms with Crippen LogP contribution in [0.1, 0.15) is 181 Å². The van der Waals surface area contributed by atoms with Gasteiger partial charge < -0.3 is 4.90 Å². The molecule has 1 aliphatic rings. The Kier molecular flexibility index (Phi) is 33.3. The first-order valence-corrected chi connectivity index (χ1v) is 18.2. The van der Waals surface area contributed by atoms with Crippen molar-refractivity contribution in [2.45, 2.75) is 181 Å². The molecule has 238 valence electrons. The summed E-state index contributed by atoms with van der Waals surface area (Å²) >= 11 is 0. The minimum Gasteiger partial charge on any atom is -0.331 e. The van der Waals surface area contributed by atoms with Crippen molar-refractivity contribution in [3.05, 3.63) is 49.7 Å². The molecule has 0 aromatic rings. The summed E-state index contributed by atoms with van der Waals surface area (Å²) in [6.07, 6.45) is 50.0. The van der Waals surface area contributed by atoms with Crippen LogP contribution in [0.2, 0.25) is 0 Å². The Hall–Kier alpha value is -1.57. The summed E-state index contributed by atoms with van der Waals surface area (Å²) in [4.78, 5) is 6.99. The summed E-state index contributed by atoms with van der Waals surface area (Å²) in [6.45, 7) is 12.5. The zero-order chi connectivity index (χ0) is 29.9. The fourth-order valence-electron chi connectivity index (χ4n) is 5.50. The van der Waals surface area contributed by atoms with Crippen molar-refractivity contribution in [2.75, 3.05) is 13.1 Å². The highest BCUT2D eigenvalue weighted by atomic mass is 15.2. The number of allylic oxidation sites excluding steroid dienone is 4. The lowest BCUT2D eigenvalue weighted by Crippen LogP contribution is -2.19. The van der Waals surface area contributed by atoms with E-state index in [9.17, 15) is 0 Å². The second-order valence-corrected chi connectivity index (χ2v) is 12.0. The standard InChI is InChI=1S/C37H68N2.C2H4/c1-3-5-7-9-11-13-15-17-19-21-23-25-27-29-31-33-37-38-34-36-39(37)35-32-30-28-26-24-22-20-18-16-14-12-10-8-6-4-2;1-2/h28,30-33,35H,3-27,29,34,36H2,1-2H3;1-2H2. The van der Waals surface area contributed by atoms with E-state index in [1.165, 1.54) is 167 Å². The molecule has 2 heteroatoms. The molecule has 0 atom stereocenters. The van der Waals surface area contributed by atoms with Crippen LogP contribution < -0.4 is 0 Å². The summed E-state index contributed by atoms with van der Waals surface area (Å²) in [5.41, 5.74) is 0. The van der Waals surface area contributed by atoms with Crippen LogP contribution in [0, 0.1) is 0 Å². The summed E-state index contributed by atoms with van der Waals surface area (Å²) in [5, 5.41) is 0. The number of rotatable bonds is 29. The minimum atomic E-state index is 0.922. The molecule has 41 heavy (non-hydrogen) atoms. The van der Waals surface area contributed by atoms with E-state index >= 15 is 0 Å². The molecule has 0 fully saturated rings. The van der Waals surface area contributed by atoms with Gasteiger partial charge in [0, 0.05) is 12.7 Å². The third kappa shape index (κ3) is 28.3. The van der Waals surface area contributed by atoms with E-state index in [0.717, 1.165) is 18.9 Å². The van der Waals surface area contributed by atoms with Crippen LogP contribution in [-0.4, -0.2) is 23.8 Å². The van der Waals surface area contributed by atoms with Gasteiger partial charge in [-0.25, -0.2) is 0 Å². The smallest absolute Gasteiger partial charge is 0.127 e. The average molecular weight is 569 g/mol. The van der Waals surface area contributed by atoms with Gasteiger partial charge in [0.1, 0.15) is 5.84 Å². The lowest BCUT2D eigenvalue weighted by molar-refractivity contribution is 0.540. The van der Waals surface area contributed by atoms with Crippen LogP contribution in [0.4, 0.5) is 0 Å². The average Bonchev–Trinajstić information content (AvgIpc) is 3.45. The Labute approximate surface area is 259 Å². The van der Waals surface area contributed by atoms with Gasteiger partial charge in [-0.15, -0.1) is 13.2 Å². The highest BCUT2D eigenvalue weighted by molar-refractivity contribution is 5.94. The highest BCUT2D eigenvalue weighted by Gasteiger charge is 2.10. The lowest BCUT2D eigenvalue weighted by atomic mass is 10.0. The maximum atomic E-state index is 4.69. The topological polar surface area (TPSA) is 15.6 Å². The number of hydrogen-bond acceptors (Lipinski definition) is 2. The van der Waals surface area contributed by atoms with Crippen LogP contribution >= 0.6 is 0 Å². The molecule has 0 unspecified atom stereocenters. The SMILES string of the molecule is C=C.CCCCCCCCCCCCCC=CC=CN1CCN=C1C=CCCCCCCCCCCCCCCC. The summed E-state index contributed by atoms with van der Waals surface area (Å²) in [6, 6.07) is 0. The maximum absolute atomic E-state index is 4.69. The lowest BCUT2D eigenvalue weighted by Gasteiger charge is -2.11. The van der Waals surface area contributed by atoms with E-state index in [1.54, 1.807) is 0 Å². The van der Waals surface area contributed by atoms with Crippen LogP contribution in [-0.2, 0) is 0 Å². The Morgan fingerprint density at radius 2 is 0.927 bits per heavy atom. The van der Waals surface area contributed by atoms with Crippen molar-refractivity contribution in [1.82, 2.24) is 4.90 Å². The minimum absolute atomic E-state index is 0.922. The molecule has 0 aromatic heterocycles. The van der Waals surface area contributed by atoms with E-state index in [2.05, 4.69) is 73.5 Å². The van der Waals surface area contributed by atoms with Gasteiger partial charge in [0.25, 0.3) is 0 Å². The fraction of sp³-hybridized carbons (Fsp3) is 0.769. The van der Waals surface area contributed by atoms with E-state index in [-0.39, 0.29) is 0 Å². The molecule has 0 aliphatic carbocycles. The maximum Gasteiger partial charge on any atom is 0.127 e. The number of nitrogens with zero attached hydrogens (tertiary/aromatic N) is 2. The second kappa shape index (κ2) is 34.6. The van der Waals surface area contributed by atoms with Crippen molar-refractivity contribution in [1.29, 1.82) is 0 Å². The molecule has 0 saturated carbocycles. The summed E-state index contributed by atoms with van der Waals surface area (Å²) < 4.78 is 0. The quantitative estimate of drug-likeness (QED) is 0.0497. The van der Waals surface area contributed by atoms with Crippen molar-refractivity contribution >= 4 is 5.84 Å². The van der Waals surface area contributed by atoms with E-state index < -0.39 is 0 Å². The number of aliphatic imine (C=N–C) groups is 1. The highest BCUT2D eigenvalue weighted by Crippen LogP contribution is 2.14. The molecule has 0 spiro atoms. The van der Waals surface area contributed by atoms with E-state index in [0.29, 0.717) is 0 Å². The third-order valence-electron chi connectivity index (χ3n) is 8.14. The van der Waals surface area contributed by atoms with Crippen molar-refractivity contribution in [3.63, 3.8) is 0 Å². The molecular weight excluding hydrogens is 496 g/mol. The van der Waals surface area contributed by atoms with Crippen LogP contribution in [0.3, 0.4) is 0 Å². The molecule has 1 heterocycles. The first kappa shape index (κ1) is 39.4. The molecule has 0 amide bonds. The first-order valence-electron chi connectivity index (χ1n) is 18.2. The molecule has 2 nitrogen and oxygen atoms in total. The van der Waals surface area contributed by atoms with E-state index in [4.69, 9.17) is 0 Å². The molecule has 0 bridgehead atoms. The molecule has 0 aromatic carbocycles. The van der Waals surface area contributed by atoms with Gasteiger partial charge in [0.2, 0.25) is 0 Å². The van der Waals surface area contributed by atoms with Crippen LogP contribution in [0.5, 0.6) is 0 Å². The zero-order valence-corrected chi connectivity index (χ0v) is 28.1. The second-order valence-electron chi connectivity index (χ2n) is 12.0. The molecule has 0 N–H and O–H groups in total. The van der Waals surface area contributed by atoms with Gasteiger partial charge in [0.05, 0.1) is 6.54 Å². The van der Waals surface area contributed by atoms with Gasteiger partial charge in [-0.2, -0.15) is 0 Å². The Bertz CT molecular complexity index is 629. The Morgan fingerprint density at radius 3 is 1.37 bits per heavy atom. The molecule has 1 rings (SSSR count). The number of hydrogen-bond donors (Lipinski definition) is 0. The van der Waals surface area contributed by atoms with E-state index in [1.807, 2.05) is 0 Å². The third-order valence-corrected chi connectivity index (χ3v) is 8.14. The summed E-state index contributed by atoms with van der Waals surface area (Å²) in [7, 11) is 0. The van der Waals surface area contributed by atoms with Crippen molar-refractivity contribution in [3.8, 4) is 0 Å². The Morgan fingerprint density at radius 1 is 0.537 bits per heavy atom. The monoisotopic (exact) mass is 569 g/mol. The number of unbranched alkanes of at least 4 members (excludes halogenated alkanes) is 24. The molecule has 0 radical (unpaired) electrons. The van der Waals surface area contributed by atoms with Crippen LogP contribution in [0.15, 0.2) is 54.7 Å². The van der Waals surface area contributed by atoms with Crippen LogP contribution in [0.25, 0.3) is 0 Å². The van der Waals surface area contributed by atoms with Gasteiger partial charge in [0.15, 0.2) is 0 Å². The van der Waals surface area contributed by atoms with Crippen molar-refractivity contribution in [2.24, 2.45) is 4.99 Å². The number of amidine groups is 1. The largest absolute Gasteiger partial charge is 0.331 e. The summed E-state index contributed by atoms with van der Waals surface area (Å²) in [5.74, 6) is 1.14. The fourth-order valence-corrected chi connectivity index (χ4v) is 5.50. The predicted molar refractivity (Wildman–Crippen MR) is 189 cm³/mol. The molecular formula is C39H72N2. The van der Waals surface area contributed by atoms with Gasteiger partial charge in [-0.3, -0.25) is 4.99 Å². The van der Waals surface area contributed by atoms with Gasteiger partial charge in [-0.05, 0) is 37.8 Å². The Balaban J connectivity index is 0.00000781. The van der Waals surface area contributed by atoms with Gasteiger partial charge in [-0.1, -0.05) is 173 Å². The van der Waals surface area contributed by atoms with Crippen molar-refractivity contribution < 1.29 is 0 Å². The zero-order valence-electron chi connectivity index (χ0n) is 28.1.